The summed E-state index contributed by atoms with van der Waals surface area (Å²) in [6.07, 6.45) is 2.96. The first-order valence-corrected chi connectivity index (χ1v) is 6.02. The first-order chi connectivity index (χ1) is 7.54. The van der Waals surface area contributed by atoms with Crippen LogP contribution in [-0.2, 0) is 9.59 Å². The predicted molar refractivity (Wildman–Crippen MR) is 59.1 cm³/mol. The zero-order chi connectivity index (χ0) is 11.9. The average Bonchev–Trinajstić information content (AvgIpc) is 2.21. The standard InChI is InChI=1S/C12H19NO3/c1-3-9-12(11(15)16)6-4-5-8(10(12)14)7-13(9)2/h8-9H,3-7H2,1-2H3,(H,15,16). The summed E-state index contributed by atoms with van der Waals surface area (Å²) in [6, 6.07) is -0.131. The molecule has 1 saturated heterocycles. The fourth-order valence-corrected chi connectivity index (χ4v) is 3.62. The number of likely N-dealkylation sites (tertiary alicyclic amines) is 1. The molecule has 1 saturated carbocycles. The third kappa shape index (κ3) is 1.32. The van der Waals surface area contributed by atoms with Crippen molar-refractivity contribution in [3.63, 3.8) is 0 Å². The summed E-state index contributed by atoms with van der Waals surface area (Å²) in [5, 5.41) is 9.48. The maximum atomic E-state index is 12.3. The molecular weight excluding hydrogens is 206 g/mol. The number of carbonyl (C=O) groups excluding carboxylic acids is 1. The number of hydrogen-bond donors (Lipinski definition) is 1. The summed E-state index contributed by atoms with van der Waals surface area (Å²) < 4.78 is 0. The SMILES string of the molecule is CCC1N(C)CC2CCCC1(C(=O)O)C2=O. The van der Waals surface area contributed by atoms with Crippen molar-refractivity contribution in [1.82, 2.24) is 4.90 Å². The maximum absolute atomic E-state index is 12.3. The summed E-state index contributed by atoms with van der Waals surface area (Å²) in [6.45, 7) is 2.69. The van der Waals surface area contributed by atoms with Crippen LogP contribution in [0.25, 0.3) is 0 Å². The zero-order valence-electron chi connectivity index (χ0n) is 9.90. The second-order valence-electron chi connectivity index (χ2n) is 5.09. The Morgan fingerprint density at radius 1 is 1.62 bits per heavy atom. The molecule has 1 heterocycles. The van der Waals surface area contributed by atoms with Gasteiger partial charge in [-0.3, -0.25) is 9.59 Å². The van der Waals surface area contributed by atoms with Crippen LogP contribution in [0.4, 0.5) is 0 Å². The van der Waals surface area contributed by atoms with Crippen molar-refractivity contribution in [2.24, 2.45) is 11.3 Å². The van der Waals surface area contributed by atoms with E-state index in [0.29, 0.717) is 6.42 Å². The lowest BCUT2D eigenvalue weighted by atomic mass is 9.60. The molecule has 0 aromatic rings. The Morgan fingerprint density at radius 2 is 2.31 bits per heavy atom. The van der Waals surface area contributed by atoms with Gasteiger partial charge in [-0.2, -0.15) is 0 Å². The molecule has 2 fully saturated rings. The number of carboxylic acids is 1. The van der Waals surface area contributed by atoms with Crippen molar-refractivity contribution in [3.8, 4) is 0 Å². The molecule has 0 spiro atoms. The van der Waals surface area contributed by atoms with E-state index in [0.717, 1.165) is 25.8 Å². The fraction of sp³-hybridized carbons (Fsp3) is 0.833. The number of rotatable bonds is 2. The summed E-state index contributed by atoms with van der Waals surface area (Å²) in [4.78, 5) is 25.9. The number of Topliss-reactive ketones (excluding diaryl/α,β-unsaturated/α-hetero) is 1. The minimum Gasteiger partial charge on any atom is -0.480 e. The van der Waals surface area contributed by atoms with Gasteiger partial charge in [-0.1, -0.05) is 13.3 Å². The van der Waals surface area contributed by atoms with Gasteiger partial charge in [0.1, 0.15) is 5.41 Å². The van der Waals surface area contributed by atoms with E-state index in [4.69, 9.17) is 0 Å². The monoisotopic (exact) mass is 225 g/mol. The van der Waals surface area contributed by atoms with Crippen LogP contribution < -0.4 is 0 Å². The van der Waals surface area contributed by atoms with Crippen molar-refractivity contribution < 1.29 is 14.7 Å². The molecular formula is C12H19NO3. The van der Waals surface area contributed by atoms with Crippen molar-refractivity contribution in [2.75, 3.05) is 13.6 Å². The molecule has 90 valence electrons. The topological polar surface area (TPSA) is 57.6 Å². The Kier molecular flexibility index (Phi) is 2.78. The maximum Gasteiger partial charge on any atom is 0.318 e. The molecule has 2 bridgehead atoms. The summed E-state index contributed by atoms with van der Waals surface area (Å²) in [5.41, 5.74) is -1.12. The average molecular weight is 225 g/mol. The molecule has 3 atom stereocenters. The fourth-order valence-electron chi connectivity index (χ4n) is 3.62. The molecule has 1 N–H and O–H groups in total. The quantitative estimate of drug-likeness (QED) is 0.716. The molecule has 2 rings (SSSR count). The lowest BCUT2D eigenvalue weighted by Crippen LogP contribution is -2.64. The molecule has 2 aliphatic rings. The summed E-state index contributed by atoms with van der Waals surface area (Å²) in [7, 11) is 1.94. The van der Waals surface area contributed by atoms with Crippen LogP contribution in [0.3, 0.4) is 0 Å². The molecule has 3 unspecified atom stereocenters. The zero-order valence-corrected chi connectivity index (χ0v) is 9.90. The van der Waals surface area contributed by atoms with Gasteiger partial charge in [-0.25, -0.2) is 0 Å². The largest absolute Gasteiger partial charge is 0.480 e. The van der Waals surface area contributed by atoms with Gasteiger partial charge in [-0.05, 0) is 26.3 Å². The minimum absolute atomic E-state index is 0.0174. The number of carboxylic acid groups (broad SMARTS) is 1. The van der Waals surface area contributed by atoms with Crippen LogP contribution in [0, 0.1) is 11.3 Å². The van der Waals surface area contributed by atoms with Crippen molar-refractivity contribution in [2.45, 2.75) is 38.6 Å². The van der Waals surface area contributed by atoms with E-state index in [1.54, 1.807) is 0 Å². The van der Waals surface area contributed by atoms with Crippen LogP contribution in [0.1, 0.15) is 32.6 Å². The van der Waals surface area contributed by atoms with Crippen molar-refractivity contribution in [3.05, 3.63) is 0 Å². The van der Waals surface area contributed by atoms with Gasteiger partial charge in [0.25, 0.3) is 0 Å². The van der Waals surface area contributed by atoms with Crippen molar-refractivity contribution >= 4 is 11.8 Å². The Morgan fingerprint density at radius 3 is 2.88 bits per heavy atom. The van der Waals surface area contributed by atoms with Gasteiger partial charge in [0.05, 0.1) is 0 Å². The lowest BCUT2D eigenvalue weighted by Gasteiger charge is -2.50. The van der Waals surface area contributed by atoms with E-state index in [-0.39, 0.29) is 17.7 Å². The Balaban J connectivity index is 2.45. The molecule has 16 heavy (non-hydrogen) atoms. The van der Waals surface area contributed by atoms with Gasteiger partial charge < -0.3 is 10.0 Å². The highest BCUT2D eigenvalue weighted by Crippen LogP contribution is 2.46. The van der Waals surface area contributed by atoms with Gasteiger partial charge >= 0.3 is 5.97 Å². The molecule has 4 heteroatoms. The molecule has 0 aromatic heterocycles. The van der Waals surface area contributed by atoms with Gasteiger partial charge in [0.15, 0.2) is 5.78 Å². The van der Waals surface area contributed by atoms with E-state index in [9.17, 15) is 14.7 Å². The highest BCUT2D eigenvalue weighted by atomic mass is 16.4. The highest BCUT2D eigenvalue weighted by molar-refractivity contribution is 6.06. The number of nitrogens with zero attached hydrogens (tertiary/aromatic N) is 1. The summed E-state index contributed by atoms with van der Waals surface area (Å²) >= 11 is 0. The van der Waals surface area contributed by atoms with E-state index < -0.39 is 11.4 Å². The molecule has 1 aliphatic carbocycles. The number of piperidine rings is 1. The molecule has 1 aliphatic heterocycles. The molecule has 0 aromatic carbocycles. The normalized spacial score (nSPS) is 39.8. The van der Waals surface area contributed by atoms with Crippen LogP contribution in [-0.4, -0.2) is 41.4 Å². The minimum atomic E-state index is -1.12. The van der Waals surface area contributed by atoms with E-state index in [1.807, 2.05) is 14.0 Å². The van der Waals surface area contributed by atoms with Crippen LogP contribution in [0.5, 0.6) is 0 Å². The third-order valence-electron chi connectivity index (χ3n) is 4.31. The second kappa shape index (κ2) is 3.84. The number of aliphatic carboxylic acids is 1. The number of carbonyl (C=O) groups is 2. The predicted octanol–water partition coefficient (Wildman–Crippen LogP) is 1.15. The lowest BCUT2D eigenvalue weighted by molar-refractivity contribution is -0.171. The Labute approximate surface area is 95.6 Å². The summed E-state index contributed by atoms with van der Waals surface area (Å²) in [5.74, 6) is -0.991. The van der Waals surface area contributed by atoms with E-state index >= 15 is 0 Å². The van der Waals surface area contributed by atoms with Gasteiger partial charge in [0.2, 0.25) is 0 Å². The highest BCUT2D eigenvalue weighted by Gasteiger charge is 2.59. The van der Waals surface area contributed by atoms with Crippen LogP contribution in [0.2, 0.25) is 0 Å². The first kappa shape index (κ1) is 11.6. The third-order valence-corrected chi connectivity index (χ3v) is 4.31. The molecule has 4 nitrogen and oxygen atoms in total. The first-order valence-electron chi connectivity index (χ1n) is 6.02. The van der Waals surface area contributed by atoms with E-state index in [2.05, 4.69) is 4.90 Å². The molecule has 0 amide bonds. The van der Waals surface area contributed by atoms with Crippen molar-refractivity contribution in [1.29, 1.82) is 0 Å². The number of hydrogen-bond acceptors (Lipinski definition) is 3. The van der Waals surface area contributed by atoms with Gasteiger partial charge in [0, 0.05) is 18.5 Å². The number of fused-ring (bicyclic) bond motifs is 2. The number of ketones is 1. The Hall–Kier alpha value is -0.900. The second-order valence-corrected chi connectivity index (χ2v) is 5.09. The Bertz CT molecular complexity index is 328. The van der Waals surface area contributed by atoms with E-state index in [1.165, 1.54) is 0 Å². The molecule has 0 radical (unpaired) electrons. The smallest absolute Gasteiger partial charge is 0.318 e. The van der Waals surface area contributed by atoms with Gasteiger partial charge in [-0.15, -0.1) is 0 Å². The van der Waals surface area contributed by atoms with Crippen LogP contribution in [0.15, 0.2) is 0 Å². The van der Waals surface area contributed by atoms with Crippen LogP contribution >= 0.6 is 0 Å².